The summed E-state index contributed by atoms with van der Waals surface area (Å²) in [5, 5.41) is 0. The first-order chi connectivity index (χ1) is 8.87. The van der Waals surface area contributed by atoms with Crippen LogP contribution in [-0.4, -0.2) is 13.4 Å². The highest BCUT2D eigenvalue weighted by Gasteiger charge is 2.14. The molecule has 0 saturated carbocycles. The highest BCUT2D eigenvalue weighted by Crippen LogP contribution is 2.22. The second-order valence-electron chi connectivity index (χ2n) is 3.68. The third-order valence-electron chi connectivity index (χ3n) is 2.21. The number of nitrogens with two attached hydrogens (primary N) is 1. The Bertz CT molecular complexity index is 682. The molecule has 0 spiro atoms. The number of hydrogen-bond donors (Lipinski definition) is 2. The second-order valence-corrected chi connectivity index (χ2v) is 6.98. The third kappa shape index (κ3) is 3.68. The Morgan fingerprint density at radius 2 is 1.58 bits per heavy atom. The summed E-state index contributed by atoms with van der Waals surface area (Å²) in [7, 11) is -3.64. The molecule has 2 aromatic rings. The molecule has 8 heteroatoms. The van der Waals surface area contributed by atoms with Crippen molar-refractivity contribution in [1.82, 2.24) is 4.98 Å². The zero-order valence-electron chi connectivity index (χ0n) is 9.47. The first-order valence-electron chi connectivity index (χ1n) is 5.08. The monoisotopic (exact) mass is 405 g/mol. The van der Waals surface area contributed by atoms with Gasteiger partial charge in [0.05, 0.1) is 10.6 Å². The zero-order valence-corrected chi connectivity index (χ0v) is 13.5. The fourth-order valence-corrected chi connectivity index (χ4v) is 3.54. The second kappa shape index (κ2) is 5.48. The highest BCUT2D eigenvalue weighted by molar-refractivity contribution is 9.11. The minimum atomic E-state index is -3.64. The van der Waals surface area contributed by atoms with Crippen LogP contribution in [0.2, 0.25) is 0 Å². The average Bonchev–Trinajstić information content (AvgIpc) is 2.27. The molecule has 0 fully saturated rings. The standard InChI is InChI=1S/C11H9Br2N3O2S/c12-10-5-8(6-11(13)15-10)16-19(17,18)9-3-1-7(14)2-4-9/h1-6H,14H2,(H,15,16). The molecule has 0 radical (unpaired) electrons. The van der Waals surface area contributed by atoms with Gasteiger partial charge in [-0.1, -0.05) is 0 Å². The summed E-state index contributed by atoms with van der Waals surface area (Å²) in [5.74, 6) is 0. The maximum absolute atomic E-state index is 12.1. The minimum absolute atomic E-state index is 0.144. The van der Waals surface area contributed by atoms with Crippen molar-refractivity contribution in [3.05, 3.63) is 45.6 Å². The van der Waals surface area contributed by atoms with E-state index in [1.807, 2.05) is 0 Å². The van der Waals surface area contributed by atoms with Gasteiger partial charge in [0.25, 0.3) is 10.0 Å². The van der Waals surface area contributed by atoms with Crippen LogP contribution < -0.4 is 10.5 Å². The number of halogens is 2. The van der Waals surface area contributed by atoms with Crippen molar-refractivity contribution < 1.29 is 8.42 Å². The molecule has 1 aromatic heterocycles. The number of hydrogen-bond acceptors (Lipinski definition) is 4. The molecule has 0 aliphatic rings. The van der Waals surface area contributed by atoms with E-state index in [2.05, 4.69) is 41.6 Å². The topological polar surface area (TPSA) is 85.1 Å². The van der Waals surface area contributed by atoms with Crippen LogP contribution in [-0.2, 0) is 10.0 Å². The van der Waals surface area contributed by atoms with Crippen LogP contribution in [0.5, 0.6) is 0 Å². The van der Waals surface area contributed by atoms with Crippen molar-refractivity contribution >= 4 is 53.3 Å². The van der Waals surface area contributed by atoms with Gasteiger partial charge in [0, 0.05) is 5.69 Å². The van der Waals surface area contributed by atoms with E-state index in [9.17, 15) is 8.42 Å². The fourth-order valence-electron chi connectivity index (χ4n) is 1.38. The van der Waals surface area contributed by atoms with Crippen molar-refractivity contribution in [3.63, 3.8) is 0 Å². The van der Waals surface area contributed by atoms with Gasteiger partial charge in [0.1, 0.15) is 9.21 Å². The molecule has 0 amide bonds. The Kier molecular flexibility index (Phi) is 4.12. The van der Waals surface area contributed by atoms with Gasteiger partial charge in [0.15, 0.2) is 0 Å². The first kappa shape index (κ1) is 14.3. The number of sulfonamides is 1. The predicted molar refractivity (Wildman–Crippen MR) is 81.3 cm³/mol. The predicted octanol–water partition coefficient (Wildman–Crippen LogP) is 2.99. The molecular formula is C11H9Br2N3O2S. The molecule has 0 aliphatic carbocycles. The van der Waals surface area contributed by atoms with Crippen molar-refractivity contribution in [3.8, 4) is 0 Å². The van der Waals surface area contributed by atoms with E-state index in [1.54, 1.807) is 12.1 Å². The summed E-state index contributed by atoms with van der Waals surface area (Å²) < 4.78 is 27.8. The molecule has 100 valence electrons. The minimum Gasteiger partial charge on any atom is -0.399 e. The van der Waals surface area contributed by atoms with Crippen LogP contribution in [0.4, 0.5) is 11.4 Å². The van der Waals surface area contributed by atoms with Gasteiger partial charge >= 0.3 is 0 Å². The van der Waals surface area contributed by atoms with Gasteiger partial charge in [-0.25, -0.2) is 13.4 Å². The van der Waals surface area contributed by atoms with Gasteiger partial charge in [-0.15, -0.1) is 0 Å². The van der Waals surface area contributed by atoms with Crippen LogP contribution in [0.25, 0.3) is 0 Å². The molecule has 0 aliphatic heterocycles. The number of nitrogens with one attached hydrogen (secondary N) is 1. The van der Waals surface area contributed by atoms with Gasteiger partial charge in [-0.3, -0.25) is 4.72 Å². The van der Waals surface area contributed by atoms with Crippen LogP contribution in [0.1, 0.15) is 0 Å². The quantitative estimate of drug-likeness (QED) is 0.606. The molecule has 0 bridgehead atoms. The molecule has 19 heavy (non-hydrogen) atoms. The number of benzene rings is 1. The van der Waals surface area contributed by atoms with E-state index in [4.69, 9.17) is 5.73 Å². The van der Waals surface area contributed by atoms with Crippen LogP contribution in [0.3, 0.4) is 0 Å². The van der Waals surface area contributed by atoms with E-state index < -0.39 is 10.0 Å². The number of nitrogens with zero attached hydrogens (tertiary/aromatic N) is 1. The Hall–Kier alpha value is -1.12. The summed E-state index contributed by atoms with van der Waals surface area (Å²) >= 11 is 6.39. The number of aromatic nitrogens is 1. The van der Waals surface area contributed by atoms with Crippen LogP contribution >= 0.6 is 31.9 Å². The van der Waals surface area contributed by atoms with Gasteiger partial charge < -0.3 is 5.73 Å². The molecule has 0 saturated heterocycles. The van der Waals surface area contributed by atoms with Gasteiger partial charge in [-0.05, 0) is 68.3 Å². The van der Waals surface area contributed by atoms with Gasteiger partial charge in [-0.2, -0.15) is 0 Å². The summed E-state index contributed by atoms with van der Waals surface area (Å²) in [6.07, 6.45) is 0. The van der Waals surface area contributed by atoms with Crippen LogP contribution in [0.15, 0.2) is 50.5 Å². The Balaban J connectivity index is 2.33. The summed E-state index contributed by atoms with van der Waals surface area (Å²) in [6.45, 7) is 0. The molecule has 0 unspecified atom stereocenters. The third-order valence-corrected chi connectivity index (χ3v) is 4.42. The highest BCUT2D eigenvalue weighted by atomic mass is 79.9. The van der Waals surface area contributed by atoms with Crippen molar-refractivity contribution in [2.75, 3.05) is 10.5 Å². The summed E-state index contributed by atoms with van der Waals surface area (Å²) in [4.78, 5) is 4.17. The first-order valence-corrected chi connectivity index (χ1v) is 8.15. The molecule has 1 heterocycles. The van der Waals surface area contributed by atoms with Crippen LogP contribution in [0, 0.1) is 0 Å². The largest absolute Gasteiger partial charge is 0.399 e. The maximum atomic E-state index is 12.1. The SMILES string of the molecule is Nc1ccc(S(=O)(=O)Nc2cc(Br)nc(Br)c2)cc1. The maximum Gasteiger partial charge on any atom is 0.261 e. The van der Waals surface area contributed by atoms with Crippen molar-refractivity contribution in [1.29, 1.82) is 0 Å². The number of nitrogen functional groups attached to an aromatic ring is 1. The summed E-state index contributed by atoms with van der Waals surface area (Å²) in [6, 6.07) is 9.10. The smallest absolute Gasteiger partial charge is 0.261 e. The lowest BCUT2D eigenvalue weighted by atomic mass is 10.3. The molecular weight excluding hydrogens is 398 g/mol. The van der Waals surface area contributed by atoms with E-state index in [0.29, 0.717) is 20.6 Å². The lowest BCUT2D eigenvalue weighted by molar-refractivity contribution is 0.601. The Labute approximate surface area is 127 Å². The van der Waals surface area contributed by atoms with Crippen molar-refractivity contribution in [2.24, 2.45) is 0 Å². The number of anilines is 2. The molecule has 2 rings (SSSR count). The van der Waals surface area contributed by atoms with E-state index in [1.165, 1.54) is 24.3 Å². The molecule has 0 atom stereocenters. The van der Waals surface area contributed by atoms with Crippen molar-refractivity contribution in [2.45, 2.75) is 4.90 Å². The van der Waals surface area contributed by atoms with Gasteiger partial charge in [0.2, 0.25) is 0 Å². The lowest BCUT2D eigenvalue weighted by Gasteiger charge is -2.08. The Morgan fingerprint density at radius 1 is 1.05 bits per heavy atom. The van der Waals surface area contributed by atoms with E-state index >= 15 is 0 Å². The summed E-state index contributed by atoms with van der Waals surface area (Å²) in [5.41, 5.74) is 6.44. The normalized spacial score (nSPS) is 11.3. The van der Waals surface area contributed by atoms with E-state index in [-0.39, 0.29) is 4.90 Å². The Morgan fingerprint density at radius 3 is 2.11 bits per heavy atom. The molecule has 5 nitrogen and oxygen atoms in total. The molecule has 3 N–H and O–H groups in total. The number of rotatable bonds is 3. The zero-order chi connectivity index (χ0) is 14.0. The molecule has 1 aromatic carbocycles. The lowest BCUT2D eigenvalue weighted by Crippen LogP contribution is -2.13. The number of pyridine rings is 1. The van der Waals surface area contributed by atoms with E-state index in [0.717, 1.165) is 0 Å². The average molecular weight is 407 g/mol. The fraction of sp³-hybridized carbons (Fsp3) is 0.